The Balaban J connectivity index is 1.63. The summed E-state index contributed by atoms with van der Waals surface area (Å²) in [5.41, 5.74) is 3.88. The lowest BCUT2D eigenvalue weighted by Crippen LogP contribution is -2.14. The highest BCUT2D eigenvalue weighted by Gasteiger charge is 2.07. The van der Waals surface area contributed by atoms with Crippen LogP contribution in [0.5, 0.6) is 0 Å². The number of carbonyl (C=O) groups excluding carboxylic acids is 1. The van der Waals surface area contributed by atoms with E-state index >= 15 is 0 Å². The van der Waals surface area contributed by atoms with E-state index in [0.29, 0.717) is 5.75 Å². The topological polar surface area (TPSA) is 72.7 Å². The minimum absolute atomic E-state index is 0.0465. The summed E-state index contributed by atoms with van der Waals surface area (Å²) in [5, 5.41) is 14.0. The van der Waals surface area contributed by atoms with E-state index in [-0.39, 0.29) is 5.91 Å². The molecule has 0 bridgehead atoms. The van der Waals surface area contributed by atoms with Gasteiger partial charge in [0, 0.05) is 10.6 Å². The van der Waals surface area contributed by atoms with Gasteiger partial charge in [-0.1, -0.05) is 23.8 Å². The van der Waals surface area contributed by atoms with Gasteiger partial charge >= 0.3 is 0 Å². The zero-order valence-electron chi connectivity index (χ0n) is 13.4. The van der Waals surface area contributed by atoms with Gasteiger partial charge in [0.05, 0.1) is 11.4 Å². The fraction of sp³-hybridized carbons (Fsp3) is 0.176. The minimum atomic E-state index is -0.0465. The molecule has 24 heavy (non-hydrogen) atoms. The zero-order chi connectivity index (χ0) is 16.9. The molecule has 2 aromatic carbocycles. The minimum Gasteiger partial charge on any atom is -0.325 e. The third kappa shape index (κ3) is 3.99. The molecule has 0 saturated heterocycles. The summed E-state index contributed by atoms with van der Waals surface area (Å²) in [4.78, 5) is 13.3. The lowest BCUT2D eigenvalue weighted by atomic mass is 10.2. The van der Waals surface area contributed by atoms with Crippen LogP contribution in [-0.2, 0) is 4.79 Å². The summed E-state index contributed by atoms with van der Waals surface area (Å²) in [6.07, 6.45) is 1.51. The average Bonchev–Trinajstić information content (AvgIpc) is 3.10. The SMILES string of the molecule is Cc1ccc(C)c(SCC(=O)Nc2cccc(-n3cnnn3)c2)c1. The van der Waals surface area contributed by atoms with Crippen LogP contribution in [0.4, 0.5) is 5.69 Å². The van der Waals surface area contributed by atoms with Gasteiger partial charge < -0.3 is 5.32 Å². The molecule has 1 amide bonds. The monoisotopic (exact) mass is 339 g/mol. The molecular weight excluding hydrogens is 322 g/mol. The van der Waals surface area contributed by atoms with E-state index in [0.717, 1.165) is 16.3 Å². The van der Waals surface area contributed by atoms with Crippen LogP contribution in [0.1, 0.15) is 11.1 Å². The van der Waals surface area contributed by atoms with Gasteiger partial charge in [0.15, 0.2) is 0 Å². The van der Waals surface area contributed by atoms with Crippen molar-refractivity contribution in [2.24, 2.45) is 0 Å². The van der Waals surface area contributed by atoms with Gasteiger partial charge in [0.25, 0.3) is 0 Å². The number of nitrogens with one attached hydrogen (secondary N) is 1. The number of carbonyl (C=O) groups is 1. The van der Waals surface area contributed by atoms with Crippen molar-refractivity contribution < 1.29 is 4.79 Å². The smallest absolute Gasteiger partial charge is 0.234 e. The predicted molar refractivity (Wildman–Crippen MR) is 94.4 cm³/mol. The number of thioether (sulfide) groups is 1. The van der Waals surface area contributed by atoms with E-state index in [4.69, 9.17) is 0 Å². The molecule has 1 N–H and O–H groups in total. The van der Waals surface area contributed by atoms with Gasteiger partial charge in [0.1, 0.15) is 6.33 Å². The molecule has 3 aromatic rings. The third-order valence-corrected chi connectivity index (χ3v) is 4.60. The summed E-state index contributed by atoms with van der Waals surface area (Å²) in [7, 11) is 0. The second-order valence-electron chi connectivity index (χ2n) is 5.41. The number of amides is 1. The van der Waals surface area contributed by atoms with Crippen LogP contribution < -0.4 is 5.32 Å². The molecule has 0 aliphatic carbocycles. The summed E-state index contributed by atoms with van der Waals surface area (Å²) in [5.74, 6) is 0.314. The summed E-state index contributed by atoms with van der Waals surface area (Å²) >= 11 is 1.54. The van der Waals surface area contributed by atoms with Crippen molar-refractivity contribution in [1.82, 2.24) is 20.2 Å². The van der Waals surface area contributed by atoms with Crippen LogP contribution in [0, 0.1) is 13.8 Å². The second kappa shape index (κ2) is 7.27. The Labute approximate surface area is 144 Å². The fourth-order valence-corrected chi connectivity index (χ4v) is 3.13. The van der Waals surface area contributed by atoms with Crippen molar-refractivity contribution in [3.8, 4) is 5.69 Å². The van der Waals surface area contributed by atoms with Crippen molar-refractivity contribution in [2.45, 2.75) is 18.7 Å². The molecule has 122 valence electrons. The highest BCUT2D eigenvalue weighted by atomic mass is 32.2. The van der Waals surface area contributed by atoms with E-state index in [2.05, 4.69) is 46.0 Å². The number of hydrogen-bond donors (Lipinski definition) is 1. The Morgan fingerprint density at radius 2 is 2.08 bits per heavy atom. The van der Waals surface area contributed by atoms with Gasteiger partial charge in [-0.05, 0) is 54.1 Å². The first-order valence-electron chi connectivity index (χ1n) is 7.45. The van der Waals surface area contributed by atoms with Crippen molar-refractivity contribution in [3.63, 3.8) is 0 Å². The van der Waals surface area contributed by atoms with E-state index in [1.807, 2.05) is 31.2 Å². The van der Waals surface area contributed by atoms with Crippen molar-refractivity contribution in [1.29, 1.82) is 0 Å². The summed E-state index contributed by atoms with van der Waals surface area (Å²) in [6.45, 7) is 4.10. The number of nitrogens with zero attached hydrogens (tertiary/aromatic N) is 4. The molecule has 3 rings (SSSR count). The number of tetrazole rings is 1. The Morgan fingerprint density at radius 3 is 2.88 bits per heavy atom. The summed E-state index contributed by atoms with van der Waals surface area (Å²) < 4.78 is 1.54. The maximum Gasteiger partial charge on any atom is 0.234 e. The standard InChI is InChI=1S/C17H17N5OS/c1-12-6-7-13(2)16(8-12)24-10-17(23)19-14-4-3-5-15(9-14)22-11-18-20-21-22/h3-9,11H,10H2,1-2H3,(H,19,23). The van der Waals surface area contributed by atoms with Crippen LogP contribution in [0.25, 0.3) is 5.69 Å². The Kier molecular flexibility index (Phi) is 4.90. The predicted octanol–water partition coefficient (Wildman–Crippen LogP) is 3.01. The number of rotatable bonds is 5. The average molecular weight is 339 g/mol. The van der Waals surface area contributed by atoms with Gasteiger partial charge in [-0.2, -0.15) is 0 Å². The molecule has 1 aromatic heterocycles. The third-order valence-electron chi connectivity index (χ3n) is 3.45. The molecule has 0 aliphatic heterocycles. The van der Waals surface area contributed by atoms with Crippen LogP contribution in [0.15, 0.2) is 53.7 Å². The normalized spacial score (nSPS) is 10.6. The number of anilines is 1. The first-order chi connectivity index (χ1) is 11.6. The molecule has 0 spiro atoms. The molecular formula is C17H17N5OS. The first-order valence-corrected chi connectivity index (χ1v) is 8.44. The Morgan fingerprint density at radius 1 is 1.21 bits per heavy atom. The molecule has 0 unspecified atom stereocenters. The van der Waals surface area contributed by atoms with E-state index in [1.165, 1.54) is 17.5 Å². The van der Waals surface area contributed by atoms with E-state index < -0.39 is 0 Å². The van der Waals surface area contributed by atoms with Gasteiger partial charge in [-0.3, -0.25) is 4.79 Å². The van der Waals surface area contributed by atoms with Crippen LogP contribution in [0.2, 0.25) is 0 Å². The molecule has 0 saturated carbocycles. The number of aryl methyl sites for hydroxylation is 2. The van der Waals surface area contributed by atoms with E-state index in [1.54, 1.807) is 16.4 Å². The van der Waals surface area contributed by atoms with Crippen molar-refractivity contribution >= 4 is 23.4 Å². The van der Waals surface area contributed by atoms with Crippen LogP contribution >= 0.6 is 11.8 Å². The number of benzene rings is 2. The first kappa shape index (κ1) is 16.2. The lowest BCUT2D eigenvalue weighted by Gasteiger charge is -2.09. The highest BCUT2D eigenvalue weighted by Crippen LogP contribution is 2.23. The van der Waals surface area contributed by atoms with Crippen molar-refractivity contribution in [3.05, 3.63) is 59.9 Å². The largest absolute Gasteiger partial charge is 0.325 e. The van der Waals surface area contributed by atoms with Gasteiger partial charge in [-0.15, -0.1) is 16.9 Å². The number of hydrogen-bond acceptors (Lipinski definition) is 5. The molecule has 1 heterocycles. The molecule has 0 aliphatic rings. The van der Waals surface area contributed by atoms with Crippen molar-refractivity contribution in [2.75, 3.05) is 11.1 Å². The fourth-order valence-electron chi connectivity index (χ4n) is 2.21. The molecule has 7 heteroatoms. The second-order valence-corrected chi connectivity index (χ2v) is 6.43. The maximum absolute atomic E-state index is 12.2. The van der Waals surface area contributed by atoms with Gasteiger partial charge in [0.2, 0.25) is 5.91 Å². The summed E-state index contributed by atoms with van der Waals surface area (Å²) in [6, 6.07) is 13.6. The van der Waals surface area contributed by atoms with E-state index in [9.17, 15) is 4.79 Å². The molecule has 0 atom stereocenters. The zero-order valence-corrected chi connectivity index (χ0v) is 14.2. The Bertz CT molecular complexity index is 848. The van der Waals surface area contributed by atoms with Gasteiger partial charge in [-0.25, -0.2) is 4.68 Å². The molecule has 6 nitrogen and oxygen atoms in total. The molecule has 0 fully saturated rings. The highest BCUT2D eigenvalue weighted by molar-refractivity contribution is 8.00. The maximum atomic E-state index is 12.2. The lowest BCUT2D eigenvalue weighted by molar-refractivity contribution is -0.113. The Hall–Kier alpha value is -2.67. The van der Waals surface area contributed by atoms with Crippen LogP contribution in [0.3, 0.4) is 0 Å². The molecule has 0 radical (unpaired) electrons. The number of aromatic nitrogens is 4. The quantitative estimate of drug-likeness (QED) is 0.724. The van der Waals surface area contributed by atoms with Crippen LogP contribution in [-0.4, -0.2) is 31.9 Å².